The van der Waals surface area contributed by atoms with Crippen LogP contribution >= 0.6 is 0 Å². The molecule has 6 heteroatoms. The Hall–Kier alpha value is -2.63. The molecule has 1 aliphatic rings. The van der Waals surface area contributed by atoms with Gasteiger partial charge in [0, 0.05) is 26.2 Å². The first kappa shape index (κ1) is 16.7. The van der Waals surface area contributed by atoms with Gasteiger partial charge in [-0.2, -0.15) is 0 Å². The van der Waals surface area contributed by atoms with Crippen molar-refractivity contribution in [2.45, 2.75) is 24.9 Å². The molecule has 0 unspecified atom stereocenters. The summed E-state index contributed by atoms with van der Waals surface area (Å²) in [5.41, 5.74) is 0.626. The van der Waals surface area contributed by atoms with Crippen molar-refractivity contribution in [3.05, 3.63) is 48.0 Å². The van der Waals surface area contributed by atoms with Gasteiger partial charge in [-0.05, 0) is 36.6 Å². The Morgan fingerprint density at radius 3 is 2.30 bits per heavy atom. The number of benzene rings is 1. The summed E-state index contributed by atoms with van der Waals surface area (Å²) < 4.78 is 0. The predicted molar refractivity (Wildman–Crippen MR) is 86.6 cm³/mol. The molecule has 6 nitrogen and oxygen atoms in total. The molecule has 0 radical (unpaired) electrons. The second kappa shape index (κ2) is 6.64. The Kier molecular flexibility index (Phi) is 4.83. The van der Waals surface area contributed by atoms with Crippen LogP contribution in [0.5, 0.6) is 0 Å². The molecule has 1 aliphatic carbocycles. The standard InChI is InChI=1S/C17H21N3O3/c1-4-14(21)18-11-12-5-7-13(8-6-12)15(22)19-17(9-10-17)16(23)20(2)3/h4-8H,1,9-11H2,2-3H3,(H,18,21)(H,19,22). The lowest BCUT2D eigenvalue weighted by atomic mass is 10.1. The first-order chi connectivity index (χ1) is 10.9. The summed E-state index contributed by atoms with van der Waals surface area (Å²) in [6.07, 6.45) is 2.54. The molecule has 1 fully saturated rings. The third-order valence-electron chi connectivity index (χ3n) is 3.79. The van der Waals surface area contributed by atoms with Crippen molar-refractivity contribution in [2.75, 3.05) is 14.1 Å². The largest absolute Gasteiger partial charge is 0.348 e. The molecule has 2 rings (SSSR count). The molecule has 122 valence electrons. The van der Waals surface area contributed by atoms with Crippen molar-refractivity contribution in [1.82, 2.24) is 15.5 Å². The van der Waals surface area contributed by atoms with Gasteiger partial charge in [-0.25, -0.2) is 0 Å². The molecule has 23 heavy (non-hydrogen) atoms. The van der Waals surface area contributed by atoms with Crippen molar-refractivity contribution in [3.63, 3.8) is 0 Å². The molecule has 2 N–H and O–H groups in total. The van der Waals surface area contributed by atoms with E-state index < -0.39 is 5.54 Å². The molecule has 0 saturated heterocycles. The van der Waals surface area contributed by atoms with Gasteiger partial charge in [0.15, 0.2) is 0 Å². The van der Waals surface area contributed by atoms with E-state index in [1.807, 2.05) is 0 Å². The molecule has 1 aromatic carbocycles. The van der Waals surface area contributed by atoms with E-state index >= 15 is 0 Å². The van der Waals surface area contributed by atoms with E-state index in [4.69, 9.17) is 0 Å². The normalized spacial score (nSPS) is 14.5. The van der Waals surface area contributed by atoms with Crippen molar-refractivity contribution in [1.29, 1.82) is 0 Å². The zero-order valence-electron chi connectivity index (χ0n) is 13.4. The minimum absolute atomic E-state index is 0.0744. The van der Waals surface area contributed by atoms with Gasteiger partial charge in [-0.1, -0.05) is 18.7 Å². The molecule has 3 amide bonds. The molecular formula is C17H21N3O3. The van der Waals surface area contributed by atoms with Gasteiger partial charge in [-0.15, -0.1) is 0 Å². The highest BCUT2D eigenvalue weighted by atomic mass is 16.2. The summed E-state index contributed by atoms with van der Waals surface area (Å²) in [6, 6.07) is 6.90. The van der Waals surface area contributed by atoms with Crippen LogP contribution in [-0.4, -0.2) is 42.3 Å². The number of rotatable bonds is 6. The van der Waals surface area contributed by atoms with Gasteiger partial charge in [0.05, 0.1) is 0 Å². The van der Waals surface area contributed by atoms with Crippen LogP contribution in [0.4, 0.5) is 0 Å². The fraction of sp³-hybridized carbons (Fsp3) is 0.353. The highest BCUT2D eigenvalue weighted by Gasteiger charge is 2.51. The highest BCUT2D eigenvalue weighted by Crippen LogP contribution is 2.37. The molecule has 0 aromatic heterocycles. The lowest BCUT2D eigenvalue weighted by Gasteiger charge is -2.21. The van der Waals surface area contributed by atoms with E-state index in [0.717, 1.165) is 5.56 Å². The molecular weight excluding hydrogens is 294 g/mol. The molecule has 0 heterocycles. The summed E-state index contributed by atoms with van der Waals surface area (Å²) >= 11 is 0. The van der Waals surface area contributed by atoms with Crippen LogP contribution in [0.15, 0.2) is 36.9 Å². The van der Waals surface area contributed by atoms with E-state index in [-0.39, 0.29) is 17.7 Å². The summed E-state index contributed by atoms with van der Waals surface area (Å²) in [5.74, 6) is -0.585. The molecule has 0 spiro atoms. The highest BCUT2D eigenvalue weighted by molar-refractivity contribution is 6.00. The molecule has 0 bridgehead atoms. The van der Waals surface area contributed by atoms with Gasteiger partial charge in [-0.3, -0.25) is 14.4 Å². The zero-order chi connectivity index (χ0) is 17.0. The second-order valence-electron chi connectivity index (χ2n) is 5.85. The number of nitrogens with one attached hydrogen (secondary N) is 2. The quantitative estimate of drug-likeness (QED) is 0.764. The Morgan fingerprint density at radius 2 is 1.83 bits per heavy atom. The van der Waals surface area contributed by atoms with Crippen LogP contribution in [0.1, 0.15) is 28.8 Å². The van der Waals surface area contributed by atoms with Crippen LogP contribution < -0.4 is 10.6 Å². The van der Waals surface area contributed by atoms with Gasteiger partial charge in [0.25, 0.3) is 5.91 Å². The Morgan fingerprint density at radius 1 is 1.22 bits per heavy atom. The van der Waals surface area contributed by atoms with E-state index in [1.54, 1.807) is 38.4 Å². The molecule has 1 saturated carbocycles. The van der Waals surface area contributed by atoms with E-state index in [0.29, 0.717) is 24.9 Å². The van der Waals surface area contributed by atoms with Crippen molar-refractivity contribution in [2.24, 2.45) is 0 Å². The van der Waals surface area contributed by atoms with Crippen LogP contribution in [0.2, 0.25) is 0 Å². The minimum atomic E-state index is -0.739. The third-order valence-corrected chi connectivity index (χ3v) is 3.79. The summed E-state index contributed by atoms with van der Waals surface area (Å²) in [7, 11) is 3.36. The van der Waals surface area contributed by atoms with Crippen molar-refractivity contribution < 1.29 is 14.4 Å². The first-order valence-corrected chi connectivity index (χ1v) is 7.41. The Balaban J connectivity index is 1.97. The van der Waals surface area contributed by atoms with Crippen molar-refractivity contribution in [3.8, 4) is 0 Å². The average Bonchev–Trinajstić information content (AvgIpc) is 3.32. The average molecular weight is 315 g/mol. The smallest absolute Gasteiger partial charge is 0.252 e. The SMILES string of the molecule is C=CC(=O)NCc1ccc(C(=O)NC2(C(=O)N(C)C)CC2)cc1. The van der Waals surface area contributed by atoms with Gasteiger partial charge >= 0.3 is 0 Å². The van der Waals surface area contributed by atoms with Crippen LogP contribution in [-0.2, 0) is 16.1 Å². The molecule has 0 aliphatic heterocycles. The number of hydrogen-bond donors (Lipinski definition) is 2. The van der Waals surface area contributed by atoms with E-state index in [1.165, 1.54) is 11.0 Å². The monoisotopic (exact) mass is 315 g/mol. The molecule has 0 atom stereocenters. The summed E-state index contributed by atoms with van der Waals surface area (Å²) in [5, 5.41) is 5.50. The summed E-state index contributed by atoms with van der Waals surface area (Å²) in [6.45, 7) is 3.75. The van der Waals surface area contributed by atoms with Crippen LogP contribution in [0, 0.1) is 0 Å². The number of amides is 3. The maximum Gasteiger partial charge on any atom is 0.252 e. The van der Waals surface area contributed by atoms with E-state index in [9.17, 15) is 14.4 Å². The maximum absolute atomic E-state index is 12.3. The number of carbonyl (C=O) groups is 3. The Bertz CT molecular complexity index is 631. The lowest BCUT2D eigenvalue weighted by Crippen LogP contribution is -2.48. The third kappa shape index (κ3) is 3.97. The van der Waals surface area contributed by atoms with Crippen LogP contribution in [0.3, 0.4) is 0 Å². The fourth-order valence-corrected chi connectivity index (χ4v) is 2.27. The zero-order valence-corrected chi connectivity index (χ0v) is 13.4. The minimum Gasteiger partial charge on any atom is -0.348 e. The topological polar surface area (TPSA) is 78.5 Å². The number of carbonyl (C=O) groups excluding carboxylic acids is 3. The van der Waals surface area contributed by atoms with Gasteiger partial charge in [0.1, 0.15) is 5.54 Å². The number of hydrogen-bond acceptors (Lipinski definition) is 3. The van der Waals surface area contributed by atoms with Gasteiger partial charge in [0.2, 0.25) is 11.8 Å². The lowest BCUT2D eigenvalue weighted by molar-refractivity contribution is -0.131. The number of nitrogens with zero attached hydrogens (tertiary/aromatic N) is 1. The Labute approximate surface area is 135 Å². The second-order valence-corrected chi connectivity index (χ2v) is 5.85. The summed E-state index contributed by atoms with van der Waals surface area (Å²) in [4.78, 5) is 37.0. The molecule has 1 aromatic rings. The maximum atomic E-state index is 12.3. The number of likely N-dealkylation sites (N-methyl/N-ethyl adjacent to an activating group) is 1. The van der Waals surface area contributed by atoms with Gasteiger partial charge < -0.3 is 15.5 Å². The first-order valence-electron chi connectivity index (χ1n) is 7.41. The van der Waals surface area contributed by atoms with E-state index in [2.05, 4.69) is 17.2 Å². The predicted octanol–water partition coefficient (Wildman–Crippen LogP) is 0.839. The van der Waals surface area contributed by atoms with Crippen molar-refractivity contribution >= 4 is 17.7 Å². The fourth-order valence-electron chi connectivity index (χ4n) is 2.27. The van der Waals surface area contributed by atoms with Crippen LogP contribution in [0.25, 0.3) is 0 Å².